The molecule has 0 fully saturated rings. The molecule has 0 aliphatic carbocycles. The molecule has 0 saturated heterocycles. The van der Waals surface area contributed by atoms with Crippen LogP contribution in [-0.4, -0.2) is 29.9 Å². The highest BCUT2D eigenvalue weighted by Gasteiger charge is 2.08. The van der Waals surface area contributed by atoms with Gasteiger partial charge in [-0.1, -0.05) is 11.6 Å². The minimum atomic E-state index is -0.883. The number of aliphatic carboxylic acids is 1. The van der Waals surface area contributed by atoms with Crippen LogP contribution in [0, 0.1) is 0 Å². The van der Waals surface area contributed by atoms with Gasteiger partial charge >= 0.3 is 12.0 Å². The third kappa shape index (κ3) is 6.84. The first kappa shape index (κ1) is 16.1. The van der Waals surface area contributed by atoms with E-state index in [1.165, 1.54) is 0 Å². The topological polar surface area (TPSA) is 87.7 Å². The molecular formula is C13H17ClN2O4. The van der Waals surface area contributed by atoms with E-state index in [4.69, 9.17) is 21.4 Å². The van der Waals surface area contributed by atoms with E-state index in [2.05, 4.69) is 10.6 Å². The van der Waals surface area contributed by atoms with Gasteiger partial charge in [0.05, 0.1) is 0 Å². The number of halogens is 1. The molecule has 1 rings (SSSR count). The zero-order chi connectivity index (χ0) is 15.0. The van der Waals surface area contributed by atoms with Gasteiger partial charge in [0.1, 0.15) is 5.75 Å². The van der Waals surface area contributed by atoms with Crippen molar-refractivity contribution in [2.24, 2.45) is 0 Å². The molecule has 0 heterocycles. The van der Waals surface area contributed by atoms with E-state index >= 15 is 0 Å². The molecule has 2 amide bonds. The van der Waals surface area contributed by atoms with Gasteiger partial charge in [0.2, 0.25) is 0 Å². The Labute approximate surface area is 122 Å². The summed E-state index contributed by atoms with van der Waals surface area (Å²) in [4.78, 5) is 21.8. The van der Waals surface area contributed by atoms with Crippen molar-refractivity contribution >= 4 is 23.6 Å². The van der Waals surface area contributed by atoms with E-state index in [1.54, 1.807) is 31.2 Å². The Morgan fingerprint density at radius 2 is 2.00 bits per heavy atom. The molecule has 0 radical (unpaired) electrons. The van der Waals surface area contributed by atoms with Gasteiger partial charge in [-0.25, -0.2) is 4.79 Å². The summed E-state index contributed by atoms with van der Waals surface area (Å²) < 4.78 is 5.46. The smallest absolute Gasteiger partial charge is 0.317 e. The number of carboxylic acid groups (broad SMARTS) is 1. The molecule has 0 bridgehead atoms. The molecule has 6 nitrogen and oxygen atoms in total. The number of carboxylic acids is 1. The molecule has 1 atom stereocenters. The van der Waals surface area contributed by atoms with Gasteiger partial charge in [-0.15, -0.1) is 0 Å². The molecule has 1 aromatic carbocycles. The lowest BCUT2D eigenvalue weighted by molar-refractivity contribution is -0.137. The molecule has 7 heteroatoms. The maximum atomic E-state index is 11.5. The number of hydrogen-bond acceptors (Lipinski definition) is 3. The summed E-state index contributed by atoms with van der Waals surface area (Å²) in [6.45, 7) is 1.98. The van der Waals surface area contributed by atoms with Crippen molar-refractivity contribution < 1.29 is 19.4 Å². The summed E-state index contributed by atoms with van der Waals surface area (Å²) in [7, 11) is 0. The first-order valence-corrected chi connectivity index (χ1v) is 6.53. The maximum absolute atomic E-state index is 11.5. The first-order valence-electron chi connectivity index (χ1n) is 6.16. The Hall–Kier alpha value is -1.95. The maximum Gasteiger partial charge on any atom is 0.317 e. The summed E-state index contributed by atoms with van der Waals surface area (Å²) in [6.07, 6.45) is -0.109. The molecule has 0 aliphatic rings. The summed E-state index contributed by atoms with van der Waals surface area (Å²) in [5.74, 6) is -0.292. The Morgan fingerprint density at radius 3 is 2.60 bits per heavy atom. The van der Waals surface area contributed by atoms with Gasteiger partial charge in [-0.2, -0.15) is 0 Å². The number of hydrogen-bond donors (Lipinski definition) is 3. The number of carbonyl (C=O) groups excluding carboxylic acids is 1. The van der Waals surface area contributed by atoms with Gasteiger partial charge in [0, 0.05) is 18.0 Å². The van der Waals surface area contributed by atoms with E-state index in [0.29, 0.717) is 23.7 Å². The van der Waals surface area contributed by atoms with Crippen LogP contribution in [0.3, 0.4) is 0 Å². The molecule has 110 valence electrons. The lowest BCUT2D eigenvalue weighted by atomic mass is 10.3. The zero-order valence-electron chi connectivity index (χ0n) is 11.1. The monoisotopic (exact) mass is 300 g/mol. The fourth-order valence-corrected chi connectivity index (χ4v) is 1.55. The standard InChI is InChI=1S/C13H17ClN2O4/c1-9(20-11-6-4-10(14)5-7-11)16-13(19)15-8-2-3-12(17)18/h4-7,9H,2-3,8H2,1H3,(H,17,18)(H2,15,16,19). The number of carbonyl (C=O) groups is 2. The van der Waals surface area contributed by atoms with Crippen LogP contribution in [0.2, 0.25) is 5.02 Å². The highest BCUT2D eigenvalue weighted by Crippen LogP contribution is 2.16. The van der Waals surface area contributed by atoms with Gasteiger partial charge < -0.3 is 20.5 Å². The van der Waals surface area contributed by atoms with Crippen LogP contribution in [0.15, 0.2) is 24.3 Å². The van der Waals surface area contributed by atoms with Crippen molar-refractivity contribution in [2.45, 2.75) is 26.0 Å². The van der Waals surface area contributed by atoms with Gasteiger partial charge in [-0.05, 0) is 37.6 Å². The van der Waals surface area contributed by atoms with E-state index in [0.717, 1.165) is 0 Å². The molecule has 20 heavy (non-hydrogen) atoms. The van der Waals surface area contributed by atoms with Crippen molar-refractivity contribution in [3.8, 4) is 5.75 Å². The van der Waals surface area contributed by atoms with Crippen molar-refractivity contribution in [1.82, 2.24) is 10.6 Å². The van der Waals surface area contributed by atoms with Crippen LogP contribution in [0.25, 0.3) is 0 Å². The number of urea groups is 1. The van der Waals surface area contributed by atoms with Crippen molar-refractivity contribution in [1.29, 1.82) is 0 Å². The minimum Gasteiger partial charge on any atom is -0.481 e. The first-order chi connectivity index (χ1) is 9.47. The molecule has 0 aliphatic heterocycles. The SMILES string of the molecule is CC(NC(=O)NCCCC(=O)O)Oc1ccc(Cl)cc1. The zero-order valence-corrected chi connectivity index (χ0v) is 11.8. The van der Waals surface area contributed by atoms with Crippen molar-refractivity contribution in [3.05, 3.63) is 29.3 Å². The highest BCUT2D eigenvalue weighted by molar-refractivity contribution is 6.30. The molecule has 0 aromatic heterocycles. The second kappa shape index (κ2) is 8.27. The average molecular weight is 301 g/mol. The van der Waals surface area contributed by atoms with E-state index in [1.807, 2.05) is 0 Å². The fourth-order valence-electron chi connectivity index (χ4n) is 1.42. The van der Waals surface area contributed by atoms with Crippen LogP contribution in [-0.2, 0) is 4.79 Å². The predicted molar refractivity (Wildman–Crippen MR) is 74.9 cm³/mol. The van der Waals surface area contributed by atoms with Gasteiger partial charge in [0.15, 0.2) is 6.23 Å². The molecule has 0 spiro atoms. The Kier molecular flexibility index (Phi) is 6.66. The van der Waals surface area contributed by atoms with Gasteiger partial charge in [-0.3, -0.25) is 4.79 Å². The Balaban J connectivity index is 2.24. The highest BCUT2D eigenvalue weighted by atomic mass is 35.5. The second-order valence-electron chi connectivity index (χ2n) is 4.11. The third-order valence-corrected chi connectivity index (χ3v) is 2.57. The molecule has 1 unspecified atom stereocenters. The van der Waals surface area contributed by atoms with Crippen LogP contribution < -0.4 is 15.4 Å². The van der Waals surface area contributed by atoms with Gasteiger partial charge in [0.25, 0.3) is 0 Å². The quantitative estimate of drug-likeness (QED) is 0.532. The summed E-state index contributed by atoms with van der Waals surface area (Å²) in [6, 6.07) is 6.37. The van der Waals surface area contributed by atoms with Crippen molar-refractivity contribution in [3.63, 3.8) is 0 Å². The second-order valence-corrected chi connectivity index (χ2v) is 4.55. The molecule has 0 saturated carbocycles. The number of amides is 2. The largest absolute Gasteiger partial charge is 0.481 e. The minimum absolute atomic E-state index is 0.0249. The number of benzene rings is 1. The van der Waals surface area contributed by atoms with Crippen LogP contribution >= 0.6 is 11.6 Å². The summed E-state index contributed by atoms with van der Waals surface area (Å²) >= 11 is 5.75. The number of rotatable bonds is 7. The van der Waals surface area contributed by atoms with E-state index in [-0.39, 0.29) is 6.42 Å². The van der Waals surface area contributed by atoms with E-state index in [9.17, 15) is 9.59 Å². The Morgan fingerprint density at radius 1 is 1.35 bits per heavy atom. The van der Waals surface area contributed by atoms with Crippen LogP contribution in [0.1, 0.15) is 19.8 Å². The molecule has 3 N–H and O–H groups in total. The normalized spacial score (nSPS) is 11.5. The fraction of sp³-hybridized carbons (Fsp3) is 0.385. The van der Waals surface area contributed by atoms with Crippen molar-refractivity contribution in [2.75, 3.05) is 6.54 Å². The average Bonchev–Trinajstić information content (AvgIpc) is 2.37. The van der Waals surface area contributed by atoms with Crippen LogP contribution in [0.4, 0.5) is 4.79 Å². The molecule has 1 aromatic rings. The lowest BCUT2D eigenvalue weighted by Crippen LogP contribution is -2.43. The van der Waals surface area contributed by atoms with E-state index < -0.39 is 18.2 Å². The number of ether oxygens (including phenoxy) is 1. The lowest BCUT2D eigenvalue weighted by Gasteiger charge is -2.16. The van der Waals surface area contributed by atoms with Crippen LogP contribution in [0.5, 0.6) is 5.75 Å². The number of nitrogens with one attached hydrogen (secondary N) is 2. The molecular weight excluding hydrogens is 284 g/mol. The predicted octanol–water partition coefficient (Wildman–Crippen LogP) is 2.23. The Bertz CT molecular complexity index is 450. The summed E-state index contributed by atoms with van der Waals surface area (Å²) in [5.41, 5.74) is 0. The summed E-state index contributed by atoms with van der Waals surface area (Å²) in [5, 5.41) is 14.2. The third-order valence-electron chi connectivity index (χ3n) is 2.31.